The molecule has 7 aromatic rings. The van der Waals surface area contributed by atoms with Crippen LogP contribution >= 0.6 is 14.7 Å². The Bertz CT molecular complexity index is 3140. The van der Waals surface area contributed by atoms with Crippen molar-refractivity contribution in [1.29, 1.82) is 0 Å². The fourth-order valence-corrected chi connectivity index (χ4v) is 13.8. The van der Waals surface area contributed by atoms with E-state index in [1.54, 1.807) is 0 Å². The Labute approximate surface area is 381 Å². The molecule has 1 aliphatic carbocycles. The number of hydrogen-bond acceptors (Lipinski definition) is 6. The van der Waals surface area contributed by atoms with Crippen LogP contribution in [0.25, 0.3) is 11.1 Å². The normalized spacial score (nSPS) is 20.3. The summed E-state index contributed by atoms with van der Waals surface area (Å²) in [4.78, 5) is 0. The molecule has 0 saturated carbocycles. The summed E-state index contributed by atoms with van der Waals surface area (Å²) in [6.45, 7) is 12.5. The molecular formula is C57H48O6P2. The highest BCUT2D eigenvalue weighted by Gasteiger charge is 2.43. The molecule has 0 bridgehead atoms. The van der Waals surface area contributed by atoms with Crippen LogP contribution in [-0.4, -0.2) is 6.10 Å². The Balaban J connectivity index is 0.874. The Morgan fingerprint density at radius 2 is 1.11 bits per heavy atom. The lowest BCUT2D eigenvalue weighted by molar-refractivity contribution is 0.236. The summed E-state index contributed by atoms with van der Waals surface area (Å²) in [5.74, 6) is 3.34. The minimum Gasteiger partial charge on any atom is -0.457 e. The predicted octanol–water partition coefficient (Wildman–Crippen LogP) is 13.2. The number of fused-ring (bicyclic) bond motifs is 6. The van der Waals surface area contributed by atoms with Crippen molar-refractivity contribution in [1.82, 2.24) is 0 Å². The first-order chi connectivity index (χ1) is 31.6. The Morgan fingerprint density at radius 3 is 1.72 bits per heavy atom. The Hall–Kier alpha value is -6.68. The van der Waals surface area contributed by atoms with Crippen LogP contribution in [0.1, 0.15) is 47.6 Å². The van der Waals surface area contributed by atoms with Gasteiger partial charge in [-0.3, -0.25) is 9.13 Å². The number of hydrogen-bond donors (Lipinski definition) is 0. The van der Waals surface area contributed by atoms with Gasteiger partial charge in [0.2, 0.25) is 0 Å². The van der Waals surface area contributed by atoms with Crippen LogP contribution < -0.4 is 35.2 Å². The lowest BCUT2D eigenvalue weighted by Gasteiger charge is -2.36. The quantitative estimate of drug-likeness (QED) is 0.0899. The van der Waals surface area contributed by atoms with E-state index in [-0.39, 0.29) is 12.0 Å². The summed E-state index contributed by atoms with van der Waals surface area (Å²) in [5.41, 5.74) is 6.73. The lowest BCUT2D eigenvalue weighted by Crippen LogP contribution is -2.35. The van der Waals surface area contributed by atoms with Gasteiger partial charge in [-0.1, -0.05) is 129 Å². The molecule has 6 nitrogen and oxygen atoms in total. The van der Waals surface area contributed by atoms with E-state index in [1.807, 2.05) is 158 Å². The average Bonchev–Trinajstić information content (AvgIpc) is 3.33. The number of para-hydroxylation sites is 1. The molecule has 0 aromatic heterocycles. The van der Waals surface area contributed by atoms with Crippen LogP contribution in [0.5, 0.6) is 28.7 Å². The van der Waals surface area contributed by atoms with E-state index >= 15 is 0 Å². The highest BCUT2D eigenvalue weighted by Crippen LogP contribution is 2.55. The van der Waals surface area contributed by atoms with Crippen molar-refractivity contribution in [3.63, 3.8) is 0 Å². The molecule has 0 saturated heterocycles. The van der Waals surface area contributed by atoms with Gasteiger partial charge in [-0.2, -0.15) is 0 Å². The fourth-order valence-electron chi connectivity index (χ4n) is 9.15. The topological polar surface area (TPSA) is 71.1 Å². The summed E-state index contributed by atoms with van der Waals surface area (Å²) in [7, 11) is -6.77. The zero-order valence-corrected chi connectivity index (χ0v) is 38.1. The maximum Gasteiger partial charge on any atom is 0.307 e. The first kappa shape index (κ1) is 42.3. The lowest BCUT2D eigenvalue weighted by atomic mass is 9.76. The number of ether oxygens (including phenoxy) is 2. The molecule has 65 heavy (non-hydrogen) atoms. The minimum atomic E-state index is -3.42. The Kier molecular flexibility index (Phi) is 11.1. The average molecular weight is 891 g/mol. The van der Waals surface area contributed by atoms with Crippen LogP contribution in [0.4, 0.5) is 0 Å². The zero-order chi connectivity index (χ0) is 44.8. The molecular weight excluding hydrogens is 843 g/mol. The molecule has 7 aromatic carbocycles. The van der Waals surface area contributed by atoms with Gasteiger partial charge in [-0.15, -0.1) is 13.2 Å². The molecule has 0 spiro atoms. The predicted molar refractivity (Wildman–Crippen MR) is 264 cm³/mol. The molecule has 2 aliphatic heterocycles. The van der Waals surface area contributed by atoms with Gasteiger partial charge in [0.05, 0.1) is 16.7 Å². The van der Waals surface area contributed by atoms with Crippen LogP contribution in [-0.2, 0) is 31.9 Å². The SMILES string of the molecule is C=CCc1cc(C(C)(C)c2ccc(Oc3ccc(P4(=O)OC5C=CC=CC5c5ccccc54)cc3)c(CC=C)c2)ccc1Oc1ccc(P2(=O)Oc3ccccc3-c3ccccc32)cc1. The van der Waals surface area contributed by atoms with E-state index in [0.717, 1.165) is 55.7 Å². The van der Waals surface area contributed by atoms with Crippen molar-refractivity contribution < 1.29 is 27.7 Å². The number of allylic oxidation sites excluding steroid dienone is 4. The van der Waals surface area contributed by atoms with Gasteiger partial charge < -0.3 is 18.5 Å². The third-order valence-corrected chi connectivity index (χ3v) is 17.7. The molecule has 0 radical (unpaired) electrons. The van der Waals surface area contributed by atoms with Gasteiger partial charge in [0.15, 0.2) is 0 Å². The smallest absolute Gasteiger partial charge is 0.307 e. The van der Waals surface area contributed by atoms with Gasteiger partial charge >= 0.3 is 7.37 Å². The molecule has 322 valence electrons. The van der Waals surface area contributed by atoms with Crippen molar-refractivity contribution >= 4 is 36.0 Å². The van der Waals surface area contributed by atoms with Gasteiger partial charge in [0.1, 0.15) is 28.7 Å². The van der Waals surface area contributed by atoms with Crippen molar-refractivity contribution in [2.45, 2.75) is 44.1 Å². The molecule has 0 amide bonds. The first-order valence-electron chi connectivity index (χ1n) is 21.9. The molecule has 10 rings (SSSR count). The molecule has 2 heterocycles. The molecule has 0 fully saturated rings. The highest BCUT2D eigenvalue weighted by atomic mass is 31.2. The van der Waals surface area contributed by atoms with Crippen molar-refractivity contribution in [2.75, 3.05) is 0 Å². The van der Waals surface area contributed by atoms with Crippen LogP contribution in [0.2, 0.25) is 0 Å². The van der Waals surface area contributed by atoms with E-state index < -0.39 is 20.2 Å². The summed E-state index contributed by atoms with van der Waals surface area (Å²) >= 11 is 0. The maximum absolute atomic E-state index is 14.7. The van der Waals surface area contributed by atoms with E-state index in [4.69, 9.17) is 18.5 Å². The molecule has 4 atom stereocenters. The molecule has 4 unspecified atom stereocenters. The largest absolute Gasteiger partial charge is 0.457 e. The van der Waals surface area contributed by atoms with E-state index in [9.17, 15) is 9.13 Å². The summed E-state index contributed by atoms with van der Waals surface area (Å²) in [5, 5.41) is 2.67. The van der Waals surface area contributed by atoms with Crippen molar-refractivity contribution in [3.8, 4) is 39.9 Å². The third-order valence-electron chi connectivity index (χ3n) is 12.7. The van der Waals surface area contributed by atoms with E-state index in [2.05, 4.69) is 63.4 Å². The number of rotatable bonds is 12. The summed E-state index contributed by atoms with van der Waals surface area (Å²) < 4.78 is 55.1. The third kappa shape index (κ3) is 7.66. The van der Waals surface area contributed by atoms with Crippen molar-refractivity contribution in [2.24, 2.45) is 0 Å². The second-order valence-electron chi connectivity index (χ2n) is 17.1. The van der Waals surface area contributed by atoms with Gasteiger partial charge in [0.25, 0.3) is 7.37 Å². The Morgan fingerprint density at radius 1 is 0.585 bits per heavy atom. The number of benzene rings is 7. The highest BCUT2D eigenvalue weighted by molar-refractivity contribution is 7.75. The van der Waals surface area contributed by atoms with Crippen LogP contribution in [0, 0.1) is 0 Å². The van der Waals surface area contributed by atoms with Gasteiger partial charge in [-0.05, 0) is 125 Å². The van der Waals surface area contributed by atoms with Crippen molar-refractivity contribution in [3.05, 3.63) is 235 Å². The fraction of sp³-hybridized carbons (Fsp3) is 0.123. The molecule has 3 aliphatic rings. The van der Waals surface area contributed by atoms with Gasteiger partial charge in [0, 0.05) is 27.5 Å². The second-order valence-corrected chi connectivity index (χ2v) is 21.7. The van der Waals surface area contributed by atoms with Crippen LogP contribution in [0.15, 0.2) is 207 Å². The van der Waals surface area contributed by atoms with Gasteiger partial charge in [-0.25, -0.2) is 0 Å². The van der Waals surface area contributed by atoms with E-state index in [0.29, 0.717) is 46.0 Å². The van der Waals surface area contributed by atoms with Crippen LogP contribution in [0.3, 0.4) is 0 Å². The summed E-state index contributed by atoms with van der Waals surface area (Å²) in [6.07, 6.45) is 12.8. The standard InChI is InChI=1S/C57H48O6P2/c1-5-15-39-37-41(25-35-51(39)60-43-27-31-45(32-28-43)64(58)55-23-13-9-19-49(55)47-17-7-11-21-53(47)62-64)57(3,4)42-26-36-52(40(38-42)16-6-2)61-44-29-33-46(34-30-44)65(59)56-24-14-10-20-50(56)48-18-8-12-22-54(48)63-65/h5-14,17-38,47,53H,1-2,15-16H2,3-4H3. The first-order valence-corrected chi connectivity index (χ1v) is 25.1. The second kappa shape index (κ2) is 17.0. The molecule has 0 N–H and O–H groups in total. The summed E-state index contributed by atoms with van der Waals surface area (Å²) in [6, 6.07) is 50.8. The van der Waals surface area contributed by atoms with E-state index in [1.165, 1.54) is 0 Å². The molecule has 8 heteroatoms. The monoisotopic (exact) mass is 890 g/mol. The zero-order valence-electron chi connectivity index (χ0n) is 36.3. The minimum absolute atomic E-state index is 0.0349. The maximum atomic E-state index is 14.7.